The molecule has 0 saturated carbocycles. The summed E-state index contributed by atoms with van der Waals surface area (Å²) >= 11 is 0. The topological polar surface area (TPSA) is 41.1 Å². The lowest BCUT2D eigenvalue weighted by atomic mass is 10.1. The largest absolute Gasteiger partial charge is 0.341 e. The minimum absolute atomic E-state index is 0.195. The van der Waals surface area contributed by atoms with E-state index in [1.807, 2.05) is 0 Å². The molecular weight excluding hydrogens is 260 g/mol. The zero-order chi connectivity index (χ0) is 15.5. The number of nitrogens with zero attached hydrogens (tertiary/aromatic N) is 3. The molecule has 4 heteroatoms. The second kappa shape index (κ2) is 6.73. The van der Waals surface area contributed by atoms with Crippen LogP contribution in [0.25, 0.3) is 0 Å². The van der Waals surface area contributed by atoms with E-state index in [-0.39, 0.29) is 5.54 Å². The van der Waals surface area contributed by atoms with Crippen LogP contribution in [0, 0.1) is 13.8 Å². The van der Waals surface area contributed by atoms with Crippen LogP contribution in [0.3, 0.4) is 0 Å². The molecule has 0 amide bonds. The van der Waals surface area contributed by atoms with Crippen LogP contribution < -0.4 is 10.2 Å². The van der Waals surface area contributed by atoms with Crippen molar-refractivity contribution in [1.29, 1.82) is 0 Å². The van der Waals surface area contributed by atoms with Gasteiger partial charge in [-0.15, -0.1) is 0 Å². The predicted molar refractivity (Wildman–Crippen MR) is 89.0 cm³/mol. The van der Waals surface area contributed by atoms with Gasteiger partial charge in [0.2, 0.25) is 5.95 Å². The van der Waals surface area contributed by atoms with E-state index in [1.54, 1.807) is 0 Å². The van der Waals surface area contributed by atoms with Gasteiger partial charge >= 0.3 is 0 Å². The number of hydrogen-bond donors (Lipinski definition) is 1. The van der Waals surface area contributed by atoms with E-state index in [2.05, 4.69) is 44.8 Å². The normalized spacial score (nSPS) is 15.8. The Kier molecular flexibility index (Phi) is 5.20. The SMILES string of the molecule is Cc1nc(N2CCCC2)nc(C)c1CCCNC(C)(C)C. The lowest BCUT2D eigenvalue weighted by Crippen LogP contribution is -2.36. The quantitative estimate of drug-likeness (QED) is 0.846. The first-order chi connectivity index (χ1) is 9.87. The third-order valence-corrected chi connectivity index (χ3v) is 4.06. The van der Waals surface area contributed by atoms with E-state index >= 15 is 0 Å². The molecule has 2 rings (SSSR count). The summed E-state index contributed by atoms with van der Waals surface area (Å²) in [7, 11) is 0. The number of rotatable bonds is 5. The highest BCUT2D eigenvalue weighted by Crippen LogP contribution is 2.20. The second-order valence-corrected chi connectivity index (χ2v) is 7.15. The summed E-state index contributed by atoms with van der Waals surface area (Å²) in [6.45, 7) is 14.1. The minimum atomic E-state index is 0.195. The maximum absolute atomic E-state index is 4.74. The zero-order valence-electron chi connectivity index (χ0n) is 14.3. The number of hydrogen-bond acceptors (Lipinski definition) is 4. The molecule has 1 aliphatic rings. The van der Waals surface area contributed by atoms with E-state index in [0.717, 1.165) is 49.8 Å². The molecule has 1 aromatic heterocycles. The van der Waals surface area contributed by atoms with Crippen LogP contribution in [0.15, 0.2) is 0 Å². The van der Waals surface area contributed by atoms with Gasteiger partial charge in [-0.25, -0.2) is 9.97 Å². The van der Waals surface area contributed by atoms with Crippen molar-refractivity contribution >= 4 is 5.95 Å². The van der Waals surface area contributed by atoms with Crippen molar-refractivity contribution in [2.75, 3.05) is 24.5 Å². The molecule has 0 bridgehead atoms. The molecule has 118 valence electrons. The predicted octanol–water partition coefficient (Wildman–Crippen LogP) is 3.01. The van der Waals surface area contributed by atoms with Gasteiger partial charge in [0.1, 0.15) is 0 Å². The van der Waals surface area contributed by atoms with Crippen molar-refractivity contribution in [3.8, 4) is 0 Å². The fourth-order valence-electron chi connectivity index (χ4n) is 2.87. The van der Waals surface area contributed by atoms with Crippen molar-refractivity contribution in [3.63, 3.8) is 0 Å². The average Bonchev–Trinajstić information content (AvgIpc) is 2.89. The lowest BCUT2D eigenvalue weighted by Gasteiger charge is -2.21. The van der Waals surface area contributed by atoms with E-state index in [1.165, 1.54) is 18.4 Å². The molecule has 0 radical (unpaired) electrons. The van der Waals surface area contributed by atoms with E-state index in [0.29, 0.717) is 0 Å². The van der Waals surface area contributed by atoms with Crippen molar-refractivity contribution in [2.45, 2.75) is 65.8 Å². The summed E-state index contributed by atoms with van der Waals surface area (Å²) in [6.07, 6.45) is 4.72. The summed E-state index contributed by atoms with van der Waals surface area (Å²) in [4.78, 5) is 11.8. The molecular formula is C17H30N4. The molecule has 0 aromatic carbocycles. The summed E-state index contributed by atoms with van der Waals surface area (Å²) in [5.41, 5.74) is 3.83. The monoisotopic (exact) mass is 290 g/mol. The van der Waals surface area contributed by atoms with Gasteiger partial charge in [0.25, 0.3) is 0 Å². The van der Waals surface area contributed by atoms with Gasteiger partial charge in [0.15, 0.2) is 0 Å². The van der Waals surface area contributed by atoms with Crippen LogP contribution in [0.2, 0.25) is 0 Å². The first kappa shape index (κ1) is 16.2. The van der Waals surface area contributed by atoms with E-state index < -0.39 is 0 Å². The standard InChI is InChI=1S/C17H30N4/c1-13-15(9-8-10-18-17(3,4)5)14(2)20-16(19-13)21-11-6-7-12-21/h18H,6-12H2,1-5H3. The van der Waals surface area contributed by atoms with Gasteiger partial charge in [0, 0.05) is 30.0 Å². The van der Waals surface area contributed by atoms with E-state index in [4.69, 9.17) is 9.97 Å². The van der Waals surface area contributed by atoms with Gasteiger partial charge in [-0.2, -0.15) is 0 Å². The minimum Gasteiger partial charge on any atom is -0.341 e. The van der Waals surface area contributed by atoms with Gasteiger partial charge in [0.05, 0.1) is 0 Å². The Morgan fingerprint density at radius 1 is 1.05 bits per heavy atom. The highest BCUT2D eigenvalue weighted by Gasteiger charge is 2.17. The van der Waals surface area contributed by atoms with E-state index in [9.17, 15) is 0 Å². The molecule has 0 unspecified atom stereocenters. The molecule has 0 aliphatic carbocycles. The smallest absolute Gasteiger partial charge is 0.225 e. The third-order valence-electron chi connectivity index (χ3n) is 4.06. The van der Waals surface area contributed by atoms with Crippen molar-refractivity contribution < 1.29 is 0 Å². The lowest BCUT2D eigenvalue weighted by molar-refractivity contribution is 0.422. The Labute approximate surface area is 129 Å². The summed E-state index contributed by atoms with van der Waals surface area (Å²) in [6, 6.07) is 0. The van der Waals surface area contributed by atoms with Crippen LogP contribution in [0.1, 0.15) is 57.0 Å². The Balaban J connectivity index is 1.97. The first-order valence-corrected chi connectivity index (χ1v) is 8.21. The summed E-state index contributed by atoms with van der Waals surface area (Å²) in [5.74, 6) is 0.930. The molecule has 4 nitrogen and oxygen atoms in total. The Morgan fingerprint density at radius 3 is 2.14 bits per heavy atom. The van der Waals surface area contributed by atoms with Gasteiger partial charge in [-0.05, 0) is 72.4 Å². The van der Waals surface area contributed by atoms with Crippen molar-refractivity contribution in [1.82, 2.24) is 15.3 Å². The van der Waals surface area contributed by atoms with Gasteiger partial charge < -0.3 is 10.2 Å². The average molecular weight is 290 g/mol. The van der Waals surface area contributed by atoms with Crippen LogP contribution in [0.5, 0.6) is 0 Å². The maximum Gasteiger partial charge on any atom is 0.225 e. The molecule has 0 atom stereocenters. The fourth-order valence-corrected chi connectivity index (χ4v) is 2.87. The van der Waals surface area contributed by atoms with Crippen LogP contribution in [-0.4, -0.2) is 35.1 Å². The molecule has 1 fully saturated rings. The highest BCUT2D eigenvalue weighted by molar-refractivity contribution is 5.37. The fraction of sp³-hybridized carbons (Fsp3) is 0.765. The Bertz CT molecular complexity index is 447. The molecule has 1 N–H and O–H groups in total. The third kappa shape index (κ3) is 4.67. The molecule has 1 aromatic rings. The molecule has 2 heterocycles. The Hall–Kier alpha value is -1.16. The highest BCUT2D eigenvalue weighted by atomic mass is 15.3. The van der Waals surface area contributed by atoms with Crippen molar-refractivity contribution in [2.24, 2.45) is 0 Å². The van der Waals surface area contributed by atoms with Crippen molar-refractivity contribution in [3.05, 3.63) is 17.0 Å². The number of nitrogens with one attached hydrogen (secondary N) is 1. The number of anilines is 1. The van der Waals surface area contributed by atoms with Crippen LogP contribution in [-0.2, 0) is 6.42 Å². The van der Waals surface area contributed by atoms with Crippen LogP contribution in [0.4, 0.5) is 5.95 Å². The zero-order valence-corrected chi connectivity index (χ0v) is 14.3. The van der Waals surface area contributed by atoms with Gasteiger partial charge in [-0.1, -0.05) is 0 Å². The Morgan fingerprint density at radius 2 is 1.62 bits per heavy atom. The second-order valence-electron chi connectivity index (χ2n) is 7.15. The molecule has 21 heavy (non-hydrogen) atoms. The first-order valence-electron chi connectivity index (χ1n) is 8.21. The van der Waals surface area contributed by atoms with Gasteiger partial charge in [-0.3, -0.25) is 0 Å². The van der Waals surface area contributed by atoms with Crippen LogP contribution >= 0.6 is 0 Å². The summed E-state index contributed by atoms with van der Waals surface area (Å²) < 4.78 is 0. The number of aryl methyl sites for hydroxylation is 2. The molecule has 1 aliphatic heterocycles. The maximum atomic E-state index is 4.74. The number of aromatic nitrogens is 2. The molecule has 1 saturated heterocycles. The summed E-state index contributed by atoms with van der Waals surface area (Å²) in [5, 5.41) is 3.54. The molecule has 0 spiro atoms.